The number of carbonyl (C=O) groups is 2. The summed E-state index contributed by atoms with van der Waals surface area (Å²) < 4.78 is 1.03. The largest absolute Gasteiger partial charge is 0.355 e. The molecule has 4 aliphatic rings. The highest BCUT2D eigenvalue weighted by Crippen LogP contribution is 2.60. The van der Waals surface area contributed by atoms with Gasteiger partial charge in [-0.2, -0.15) is 0 Å². The Morgan fingerprint density at radius 3 is 2.31 bits per heavy atom. The topological polar surface area (TPSA) is 58.2 Å². The second kappa shape index (κ2) is 6.99. The Kier molecular flexibility index (Phi) is 4.84. The monoisotopic (exact) mass is 418 g/mol. The van der Waals surface area contributed by atoms with Gasteiger partial charge in [-0.05, 0) is 87.0 Å². The maximum Gasteiger partial charge on any atom is 0.226 e. The van der Waals surface area contributed by atoms with Gasteiger partial charge >= 0.3 is 0 Å². The molecule has 4 fully saturated rings. The first-order valence-electron chi connectivity index (χ1n) is 9.78. The molecule has 0 aliphatic heterocycles. The minimum absolute atomic E-state index is 0.0578. The fourth-order valence-corrected chi connectivity index (χ4v) is 6.06. The van der Waals surface area contributed by atoms with Crippen LogP contribution in [0.3, 0.4) is 0 Å². The van der Waals surface area contributed by atoms with Crippen LogP contribution in [0.4, 0.5) is 5.69 Å². The smallest absolute Gasteiger partial charge is 0.226 e. The van der Waals surface area contributed by atoms with Crippen LogP contribution in [0.5, 0.6) is 0 Å². The lowest BCUT2D eigenvalue weighted by Crippen LogP contribution is -2.53. The Balaban J connectivity index is 1.27. The minimum atomic E-state index is -0.131. The number of rotatable bonds is 5. The van der Waals surface area contributed by atoms with Crippen LogP contribution in [-0.4, -0.2) is 18.4 Å². The van der Waals surface area contributed by atoms with Gasteiger partial charge in [0.1, 0.15) is 0 Å². The number of hydrogen-bond acceptors (Lipinski definition) is 2. The van der Waals surface area contributed by atoms with Crippen molar-refractivity contribution in [2.75, 3.05) is 11.9 Å². The zero-order valence-corrected chi connectivity index (χ0v) is 16.9. The average Bonchev–Trinajstić information content (AvgIpc) is 2.57. The molecule has 1 aromatic carbocycles. The van der Waals surface area contributed by atoms with Gasteiger partial charge in [0.05, 0.1) is 0 Å². The zero-order chi connectivity index (χ0) is 18.3. The molecule has 0 radical (unpaired) electrons. The summed E-state index contributed by atoms with van der Waals surface area (Å²) in [6, 6.07) is 5.75. The third-order valence-electron chi connectivity index (χ3n) is 6.60. The van der Waals surface area contributed by atoms with Gasteiger partial charge < -0.3 is 10.6 Å². The van der Waals surface area contributed by atoms with Gasteiger partial charge in [0.2, 0.25) is 11.8 Å². The van der Waals surface area contributed by atoms with E-state index in [0.29, 0.717) is 13.0 Å². The number of aryl methyl sites for hydroxylation is 1. The number of hydrogen-bond donors (Lipinski definition) is 2. The third-order valence-corrected chi connectivity index (χ3v) is 7.49. The highest BCUT2D eigenvalue weighted by atomic mass is 79.9. The fourth-order valence-electron chi connectivity index (χ4n) is 5.81. The van der Waals surface area contributed by atoms with Crippen LogP contribution in [0.2, 0.25) is 0 Å². The van der Waals surface area contributed by atoms with Crippen molar-refractivity contribution in [2.24, 2.45) is 23.2 Å². The third kappa shape index (κ3) is 3.55. The molecule has 5 heteroatoms. The maximum absolute atomic E-state index is 12.9. The molecule has 26 heavy (non-hydrogen) atoms. The minimum Gasteiger partial charge on any atom is -0.355 e. The van der Waals surface area contributed by atoms with Gasteiger partial charge in [0.15, 0.2) is 0 Å². The van der Waals surface area contributed by atoms with Crippen LogP contribution in [0.25, 0.3) is 0 Å². The molecule has 4 bridgehead atoms. The standard InChI is InChI=1S/C21H27BrN2O2/c1-13-6-17(2-3-18(13)22)24-19(25)4-5-23-20(26)21-10-14-7-15(11-21)9-16(8-14)12-21/h2-3,6,14-16H,4-5,7-12H2,1H3,(H,23,26)(H,24,25). The lowest BCUT2D eigenvalue weighted by molar-refractivity contribution is -0.146. The molecule has 4 aliphatic carbocycles. The van der Waals surface area contributed by atoms with Gasteiger partial charge in [-0.15, -0.1) is 0 Å². The van der Waals surface area contributed by atoms with Gasteiger partial charge in [-0.3, -0.25) is 9.59 Å². The molecule has 2 N–H and O–H groups in total. The molecule has 0 unspecified atom stereocenters. The van der Waals surface area contributed by atoms with Crippen molar-refractivity contribution in [3.8, 4) is 0 Å². The SMILES string of the molecule is Cc1cc(NC(=O)CCNC(=O)C23CC4CC(CC(C4)C2)C3)ccc1Br. The first kappa shape index (κ1) is 18.0. The van der Waals surface area contributed by atoms with Crippen LogP contribution in [-0.2, 0) is 9.59 Å². The Labute approximate surface area is 163 Å². The van der Waals surface area contributed by atoms with Crippen molar-refractivity contribution >= 4 is 33.4 Å². The Morgan fingerprint density at radius 2 is 1.73 bits per heavy atom. The molecule has 140 valence electrons. The van der Waals surface area contributed by atoms with E-state index in [9.17, 15) is 9.59 Å². The summed E-state index contributed by atoms with van der Waals surface area (Å²) in [7, 11) is 0. The highest BCUT2D eigenvalue weighted by molar-refractivity contribution is 9.10. The highest BCUT2D eigenvalue weighted by Gasteiger charge is 2.54. The van der Waals surface area contributed by atoms with Crippen molar-refractivity contribution in [2.45, 2.75) is 51.9 Å². The van der Waals surface area contributed by atoms with Crippen molar-refractivity contribution in [1.29, 1.82) is 0 Å². The number of benzene rings is 1. The molecule has 0 saturated heterocycles. The first-order valence-corrected chi connectivity index (χ1v) is 10.6. The molecule has 2 amide bonds. The van der Waals surface area contributed by atoms with Crippen LogP contribution >= 0.6 is 15.9 Å². The number of anilines is 1. The molecular formula is C21H27BrN2O2. The Bertz CT molecular complexity index is 695. The fraction of sp³-hybridized carbons (Fsp3) is 0.619. The lowest BCUT2D eigenvalue weighted by Gasteiger charge is -2.55. The second-order valence-corrected chi connectivity index (χ2v) is 9.57. The van der Waals surface area contributed by atoms with Gasteiger partial charge in [-0.25, -0.2) is 0 Å². The van der Waals surface area contributed by atoms with Crippen LogP contribution < -0.4 is 10.6 Å². The molecule has 0 spiro atoms. The van der Waals surface area contributed by atoms with E-state index in [2.05, 4.69) is 26.6 Å². The van der Waals surface area contributed by atoms with E-state index in [4.69, 9.17) is 0 Å². The molecule has 1 aromatic rings. The predicted octanol–water partition coefficient (Wildman–Crippen LogP) is 4.42. The van der Waals surface area contributed by atoms with E-state index in [1.807, 2.05) is 25.1 Å². The molecular weight excluding hydrogens is 392 g/mol. The summed E-state index contributed by atoms with van der Waals surface area (Å²) in [6.45, 7) is 2.41. The van der Waals surface area contributed by atoms with E-state index >= 15 is 0 Å². The van der Waals surface area contributed by atoms with Crippen molar-refractivity contribution in [3.63, 3.8) is 0 Å². The summed E-state index contributed by atoms with van der Waals surface area (Å²) >= 11 is 3.46. The van der Waals surface area contributed by atoms with Crippen LogP contribution in [0.1, 0.15) is 50.5 Å². The summed E-state index contributed by atoms with van der Waals surface area (Å²) in [5.41, 5.74) is 1.75. The summed E-state index contributed by atoms with van der Waals surface area (Å²) in [5, 5.41) is 5.98. The van der Waals surface area contributed by atoms with Gasteiger partial charge in [0, 0.05) is 28.5 Å². The normalized spacial score (nSPS) is 31.7. The van der Waals surface area contributed by atoms with E-state index in [-0.39, 0.29) is 17.2 Å². The van der Waals surface area contributed by atoms with Crippen molar-refractivity contribution in [3.05, 3.63) is 28.2 Å². The first-order chi connectivity index (χ1) is 12.4. The quantitative estimate of drug-likeness (QED) is 0.743. The zero-order valence-electron chi connectivity index (χ0n) is 15.3. The molecule has 5 rings (SSSR count). The molecule has 0 aromatic heterocycles. The number of carbonyl (C=O) groups excluding carboxylic acids is 2. The van der Waals surface area contributed by atoms with Crippen LogP contribution in [0, 0.1) is 30.1 Å². The lowest BCUT2D eigenvalue weighted by atomic mass is 9.49. The van der Waals surface area contributed by atoms with E-state index in [1.54, 1.807) is 0 Å². The molecule has 0 atom stereocenters. The van der Waals surface area contributed by atoms with Crippen molar-refractivity contribution < 1.29 is 9.59 Å². The summed E-state index contributed by atoms with van der Waals surface area (Å²) in [5.74, 6) is 2.42. The maximum atomic E-state index is 12.9. The van der Waals surface area contributed by atoms with Gasteiger partial charge in [0.25, 0.3) is 0 Å². The molecule has 0 heterocycles. The summed E-state index contributed by atoms with van der Waals surface area (Å²) in [6.07, 6.45) is 7.51. The number of nitrogens with one attached hydrogen (secondary N) is 2. The van der Waals surface area contributed by atoms with Crippen LogP contribution in [0.15, 0.2) is 22.7 Å². The average molecular weight is 419 g/mol. The van der Waals surface area contributed by atoms with E-state index < -0.39 is 0 Å². The summed E-state index contributed by atoms with van der Waals surface area (Å²) in [4.78, 5) is 25.0. The molecule has 4 nitrogen and oxygen atoms in total. The number of amides is 2. The second-order valence-electron chi connectivity index (χ2n) is 8.72. The number of halogens is 1. The Morgan fingerprint density at radius 1 is 1.12 bits per heavy atom. The van der Waals surface area contributed by atoms with E-state index in [0.717, 1.165) is 52.7 Å². The Hall–Kier alpha value is -1.36. The van der Waals surface area contributed by atoms with Gasteiger partial charge in [-0.1, -0.05) is 15.9 Å². The van der Waals surface area contributed by atoms with Crippen molar-refractivity contribution in [1.82, 2.24) is 5.32 Å². The predicted molar refractivity (Wildman–Crippen MR) is 106 cm³/mol. The van der Waals surface area contributed by atoms with E-state index in [1.165, 1.54) is 19.3 Å². The molecule has 4 saturated carbocycles.